The molecule has 0 atom stereocenters. The van der Waals surface area contributed by atoms with E-state index in [4.69, 9.17) is 4.42 Å². The molecule has 0 fully saturated rings. The van der Waals surface area contributed by atoms with Gasteiger partial charge in [0.1, 0.15) is 0 Å². The Hall–Kier alpha value is -2.12. The van der Waals surface area contributed by atoms with Gasteiger partial charge < -0.3 is 4.42 Å². The van der Waals surface area contributed by atoms with Gasteiger partial charge in [-0.25, -0.2) is 0 Å². The fourth-order valence-corrected chi connectivity index (χ4v) is 3.14. The molecule has 0 saturated carbocycles. The highest BCUT2D eigenvalue weighted by atomic mass is 32.2. The Bertz CT molecular complexity index is 751. The van der Waals surface area contributed by atoms with Gasteiger partial charge in [-0.1, -0.05) is 29.0 Å². The fourth-order valence-electron chi connectivity index (χ4n) is 1.71. The summed E-state index contributed by atoms with van der Waals surface area (Å²) in [4.78, 5) is 13.0. The maximum absolute atomic E-state index is 11.9. The summed E-state index contributed by atoms with van der Waals surface area (Å²) in [5.74, 6) is 0.874. The van der Waals surface area contributed by atoms with Crippen molar-refractivity contribution in [2.45, 2.75) is 11.8 Å². The number of thioether (sulfide) groups is 1. The van der Waals surface area contributed by atoms with Gasteiger partial charge in [-0.3, -0.25) is 10.1 Å². The molecule has 0 bridgehead atoms. The summed E-state index contributed by atoms with van der Waals surface area (Å²) < 4.78 is 5.24. The van der Waals surface area contributed by atoms with Gasteiger partial charge in [0.15, 0.2) is 10.8 Å². The minimum Gasteiger partial charge on any atom is -0.462 e. The molecule has 0 aliphatic rings. The molecule has 2 aromatic heterocycles. The lowest BCUT2D eigenvalue weighted by Crippen LogP contribution is -2.13. The average molecular weight is 331 g/mol. The van der Waals surface area contributed by atoms with Crippen LogP contribution in [0, 0.1) is 6.92 Å². The number of hydrogen-bond donors (Lipinski definition) is 1. The Morgan fingerprint density at radius 1 is 1.27 bits per heavy atom. The minimum atomic E-state index is -0.104. The molecule has 0 spiro atoms. The van der Waals surface area contributed by atoms with Crippen molar-refractivity contribution >= 4 is 34.1 Å². The first-order valence-corrected chi connectivity index (χ1v) is 8.37. The van der Waals surface area contributed by atoms with E-state index in [1.165, 1.54) is 28.7 Å². The number of amides is 1. The van der Waals surface area contributed by atoms with Crippen LogP contribution < -0.4 is 5.32 Å². The molecule has 3 rings (SSSR count). The van der Waals surface area contributed by atoms with Gasteiger partial charge in [0.05, 0.1) is 12.0 Å². The molecule has 1 amide bonds. The number of furan rings is 1. The van der Waals surface area contributed by atoms with Crippen LogP contribution in [0.2, 0.25) is 0 Å². The molecule has 0 aliphatic heterocycles. The van der Waals surface area contributed by atoms with Crippen LogP contribution in [0.15, 0.2) is 52.0 Å². The first-order chi connectivity index (χ1) is 10.7. The van der Waals surface area contributed by atoms with Gasteiger partial charge in [-0.2, -0.15) is 0 Å². The third-order valence-corrected chi connectivity index (χ3v) is 4.66. The molecule has 1 aromatic carbocycles. The van der Waals surface area contributed by atoms with Gasteiger partial charge >= 0.3 is 0 Å². The predicted octanol–water partition coefficient (Wildman–Crippen LogP) is 3.84. The molecule has 7 heteroatoms. The zero-order valence-corrected chi connectivity index (χ0v) is 13.4. The monoisotopic (exact) mass is 331 g/mol. The molecular weight excluding hydrogens is 318 g/mol. The van der Waals surface area contributed by atoms with Crippen LogP contribution in [0.3, 0.4) is 0 Å². The third-order valence-electron chi connectivity index (χ3n) is 2.79. The van der Waals surface area contributed by atoms with Gasteiger partial charge in [0.2, 0.25) is 11.0 Å². The van der Waals surface area contributed by atoms with Crippen molar-refractivity contribution in [3.63, 3.8) is 0 Å². The highest BCUT2D eigenvalue weighted by Gasteiger charge is 2.11. The molecule has 2 heterocycles. The summed E-state index contributed by atoms with van der Waals surface area (Å²) in [7, 11) is 0. The fraction of sp³-hybridized carbons (Fsp3) is 0.133. The summed E-state index contributed by atoms with van der Waals surface area (Å²) in [5, 5.41) is 11.8. The largest absolute Gasteiger partial charge is 0.462 e. The number of benzene rings is 1. The summed E-state index contributed by atoms with van der Waals surface area (Å²) >= 11 is 2.77. The number of rotatable bonds is 5. The molecule has 0 unspecified atom stereocenters. The predicted molar refractivity (Wildman–Crippen MR) is 88.1 cm³/mol. The Morgan fingerprint density at radius 3 is 2.82 bits per heavy atom. The van der Waals surface area contributed by atoms with Crippen molar-refractivity contribution in [2.24, 2.45) is 0 Å². The van der Waals surface area contributed by atoms with E-state index in [2.05, 4.69) is 15.5 Å². The smallest absolute Gasteiger partial charge is 0.236 e. The van der Waals surface area contributed by atoms with Gasteiger partial charge in [0.25, 0.3) is 0 Å². The summed E-state index contributed by atoms with van der Waals surface area (Å²) in [6.45, 7) is 2.03. The number of carbonyl (C=O) groups is 1. The van der Waals surface area contributed by atoms with Crippen LogP contribution in [-0.2, 0) is 4.79 Å². The van der Waals surface area contributed by atoms with Crippen molar-refractivity contribution in [3.05, 3.63) is 48.2 Å². The van der Waals surface area contributed by atoms with Crippen molar-refractivity contribution in [1.82, 2.24) is 10.2 Å². The Labute approximate surface area is 135 Å². The molecule has 1 N–H and O–H groups in total. The van der Waals surface area contributed by atoms with Crippen LogP contribution in [0.5, 0.6) is 0 Å². The van der Waals surface area contributed by atoms with Crippen molar-refractivity contribution in [3.8, 4) is 10.8 Å². The van der Waals surface area contributed by atoms with E-state index in [1.54, 1.807) is 18.4 Å². The Balaban J connectivity index is 1.54. The number of anilines is 1. The molecule has 3 aromatic rings. The molecular formula is C15H13N3O2S2. The molecule has 0 aliphatic carbocycles. The lowest BCUT2D eigenvalue weighted by Gasteiger charge is -2.02. The van der Waals surface area contributed by atoms with E-state index >= 15 is 0 Å². The first kappa shape index (κ1) is 14.8. The number of aromatic nitrogens is 2. The quantitative estimate of drug-likeness (QED) is 0.720. The lowest BCUT2D eigenvalue weighted by atomic mass is 10.2. The first-order valence-electron chi connectivity index (χ1n) is 6.57. The van der Waals surface area contributed by atoms with E-state index in [0.29, 0.717) is 21.7 Å². The van der Waals surface area contributed by atoms with Crippen LogP contribution in [0.25, 0.3) is 10.8 Å². The molecule has 112 valence electrons. The zero-order valence-electron chi connectivity index (χ0n) is 11.8. The molecule has 22 heavy (non-hydrogen) atoms. The van der Waals surface area contributed by atoms with Crippen LogP contribution >= 0.6 is 23.1 Å². The number of carbonyl (C=O) groups excluding carboxylic acids is 1. The second-order valence-electron chi connectivity index (χ2n) is 4.54. The van der Waals surface area contributed by atoms with Crippen molar-refractivity contribution in [1.29, 1.82) is 0 Å². The Morgan fingerprint density at radius 2 is 2.09 bits per heavy atom. The second kappa shape index (κ2) is 6.76. The van der Waals surface area contributed by atoms with Gasteiger partial charge in [-0.15, -0.1) is 22.0 Å². The van der Waals surface area contributed by atoms with Gasteiger partial charge in [-0.05, 0) is 31.2 Å². The van der Waals surface area contributed by atoms with Crippen LogP contribution in [0.1, 0.15) is 5.56 Å². The van der Waals surface area contributed by atoms with Crippen molar-refractivity contribution < 1.29 is 9.21 Å². The maximum Gasteiger partial charge on any atom is 0.236 e. The van der Waals surface area contributed by atoms with E-state index in [9.17, 15) is 4.79 Å². The Kier molecular flexibility index (Phi) is 4.55. The zero-order chi connectivity index (χ0) is 15.4. The van der Waals surface area contributed by atoms with E-state index < -0.39 is 0 Å². The number of nitrogens with one attached hydrogen (secondary N) is 1. The highest BCUT2D eigenvalue weighted by Crippen LogP contribution is 2.26. The van der Waals surface area contributed by atoms with Gasteiger partial charge in [0, 0.05) is 4.90 Å². The molecule has 0 radical (unpaired) electrons. The van der Waals surface area contributed by atoms with Crippen LogP contribution in [0.4, 0.5) is 5.13 Å². The third kappa shape index (κ3) is 3.75. The topological polar surface area (TPSA) is 68.0 Å². The number of hydrogen-bond acceptors (Lipinski definition) is 6. The summed E-state index contributed by atoms with van der Waals surface area (Å²) in [6.07, 6.45) is 1.58. The highest BCUT2D eigenvalue weighted by molar-refractivity contribution is 8.00. The standard InChI is InChI=1S/C15H13N3O2S2/c1-10-4-6-11(7-5-10)21-9-13(19)16-15-18-17-14(22-15)12-3-2-8-20-12/h2-8H,9H2,1H3,(H,16,18,19). The molecule has 5 nitrogen and oxygen atoms in total. The average Bonchev–Trinajstić information content (AvgIpc) is 3.17. The normalized spacial score (nSPS) is 10.6. The van der Waals surface area contributed by atoms with E-state index in [0.717, 1.165) is 4.90 Å². The number of aryl methyl sites for hydroxylation is 1. The number of nitrogens with zero attached hydrogens (tertiary/aromatic N) is 2. The SMILES string of the molecule is Cc1ccc(SCC(=O)Nc2nnc(-c3ccco3)s2)cc1. The van der Waals surface area contributed by atoms with E-state index in [-0.39, 0.29) is 5.91 Å². The summed E-state index contributed by atoms with van der Waals surface area (Å²) in [5.41, 5.74) is 1.20. The summed E-state index contributed by atoms with van der Waals surface area (Å²) in [6, 6.07) is 11.7. The minimum absolute atomic E-state index is 0.104. The lowest BCUT2D eigenvalue weighted by molar-refractivity contribution is -0.113. The molecule has 0 saturated heterocycles. The second-order valence-corrected chi connectivity index (χ2v) is 6.57. The van der Waals surface area contributed by atoms with E-state index in [1.807, 2.05) is 31.2 Å². The maximum atomic E-state index is 11.9. The van der Waals surface area contributed by atoms with Crippen LogP contribution in [-0.4, -0.2) is 21.9 Å². The van der Waals surface area contributed by atoms with Crippen molar-refractivity contribution in [2.75, 3.05) is 11.1 Å².